The van der Waals surface area contributed by atoms with Gasteiger partial charge in [-0.15, -0.1) is 0 Å². The van der Waals surface area contributed by atoms with E-state index in [9.17, 15) is 0 Å². The van der Waals surface area contributed by atoms with E-state index >= 15 is 0 Å². The van der Waals surface area contributed by atoms with Crippen LogP contribution in [0.15, 0.2) is 30.3 Å². The molecule has 0 radical (unpaired) electrons. The van der Waals surface area contributed by atoms with Crippen molar-refractivity contribution in [3.8, 4) is 0 Å². The zero-order chi connectivity index (χ0) is 13.0. The second-order valence-corrected chi connectivity index (χ2v) is 5.23. The van der Waals surface area contributed by atoms with Gasteiger partial charge in [0.1, 0.15) is 17.5 Å². The Kier molecular flexibility index (Phi) is 4.35. The molecule has 0 unspecified atom stereocenters. The van der Waals surface area contributed by atoms with Crippen molar-refractivity contribution in [3.63, 3.8) is 0 Å². The Morgan fingerprint density at radius 2 is 2.11 bits per heavy atom. The molecule has 0 amide bonds. The molecule has 1 aromatic heterocycles. The maximum atomic E-state index is 5.78. The van der Waals surface area contributed by atoms with Crippen LogP contribution in [0.2, 0.25) is 0 Å². The summed E-state index contributed by atoms with van der Waals surface area (Å²) in [7, 11) is 0. The molecular formula is C13H15IN4. The number of nitrogens with one attached hydrogen (secondary N) is 1. The van der Waals surface area contributed by atoms with Gasteiger partial charge in [-0.25, -0.2) is 9.97 Å². The van der Waals surface area contributed by atoms with Gasteiger partial charge in [0.25, 0.3) is 0 Å². The fourth-order valence-corrected chi connectivity index (χ4v) is 2.17. The third kappa shape index (κ3) is 3.56. The maximum absolute atomic E-state index is 5.78. The highest BCUT2D eigenvalue weighted by atomic mass is 127. The first kappa shape index (κ1) is 13.1. The topological polar surface area (TPSA) is 63.8 Å². The van der Waals surface area contributed by atoms with Crippen LogP contribution in [-0.4, -0.2) is 9.97 Å². The minimum atomic E-state index is 0.501. The van der Waals surface area contributed by atoms with Gasteiger partial charge in [-0.1, -0.05) is 13.0 Å². The van der Waals surface area contributed by atoms with Gasteiger partial charge in [0.15, 0.2) is 0 Å². The van der Waals surface area contributed by atoms with E-state index in [2.05, 4.69) is 50.9 Å². The molecule has 0 bridgehead atoms. The van der Waals surface area contributed by atoms with Crippen LogP contribution in [0.5, 0.6) is 0 Å². The van der Waals surface area contributed by atoms with Crippen molar-refractivity contribution in [3.05, 3.63) is 39.7 Å². The van der Waals surface area contributed by atoms with Crippen molar-refractivity contribution in [1.29, 1.82) is 0 Å². The number of halogens is 1. The molecule has 0 aliphatic rings. The standard InChI is InChI=1S/C13H15IN4/c1-2-4-12-17-11(15)8-13(18-12)16-10-6-3-5-9(14)7-10/h3,5-8H,2,4H2,1H3,(H3,15,16,17,18). The minimum Gasteiger partial charge on any atom is -0.384 e. The molecule has 4 nitrogen and oxygen atoms in total. The van der Waals surface area contributed by atoms with Crippen LogP contribution >= 0.6 is 22.6 Å². The van der Waals surface area contributed by atoms with Crippen molar-refractivity contribution >= 4 is 39.9 Å². The van der Waals surface area contributed by atoms with E-state index < -0.39 is 0 Å². The predicted octanol–water partition coefficient (Wildman–Crippen LogP) is 3.36. The van der Waals surface area contributed by atoms with Crippen molar-refractivity contribution in [1.82, 2.24) is 9.97 Å². The van der Waals surface area contributed by atoms with E-state index in [4.69, 9.17) is 5.73 Å². The molecule has 0 aliphatic carbocycles. The number of hydrogen-bond acceptors (Lipinski definition) is 4. The molecule has 2 aromatic rings. The van der Waals surface area contributed by atoms with E-state index in [0.29, 0.717) is 5.82 Å². The SMILES string of the molecule is CCCc1nc(N)cc(Nc2cccc(I)c2)n1. The first-order valence-corrected chi connectivity index (χ1v) is 6.91. The van der Waals surface area contributed by atoms with Crippen molar-refractivity contribution in [2.75, 3.05) is 11.1 Å². The molecule has 1 aromatic carbocycles. The van der Waals surface area contributed by atoms with Gasteiger partial charge in [0.2, 0.25) is 0 Å². The fourth-order valence-electron chi connectivity index (χ4n) is 1.63. The summed E-state index contributed by atoms with van der Waals surface area (Å²) < 4.78 is 1.17. The second-order valence-electron chi connectivity index (χ2n) is 3.98. The Balaban J connectivity index is 2.23. The quantitative estimate of drug-likeness (QED) is 0.827. The van der Waals surface area contributed by atoms with Crippen LogP contribution in [-0.2, 0) is 6.42 Å². The van der Waals surface area contributed by atoms with Gasteiger partial charge < -0.3 is 11.1 Å². The fraction of sp³-hybridized carbons (Fsp3) is 0.231. The number of hydrogen-bond donors (Lipinski definition) is 2. The lowest BCUT2D eigenvalue weighted by atomic mass is 10.3. The van der Waals surface area contributed by atoms with Gasteiger partial charge in [0, 0.05) is 21.7 Å². The average molecular weight is 354 g/mol. The van der Waals surface area contributed by atoms with Gasteiger partial charge in [-0.2, -0.15) is 0 Å². The Hall–Kier alpha value is -1.37. The molecule has 18 heavy (non-hydrogen) atoms. The lowest BCUT2D eigenvalue weighted by Crippen LogP contribution is -2.03. The summed E-state index contributed by atoms with van der Waals surface area (Å²) in [5.41, 5.74) is 6.78. The summed E-state index contributed by atoms with van der Waals surface area (Å²) in [6, 6.07) is 9.85. The van der Waals surface area contributed by atoms with E-state index in [1.165, 1.54) is 3.57 Å². The number of aryl methyl sites for hydroxylation is 1. The molecule has 0 aliphatic heterocycles. The summed E-state index contributed by atoms with van der Waals surface area (Å²) in [5, 5.41) is 3.25. The molecule has 0 saturated heterocycles. The Morgan fingerprint density at radius 3 is 2.83 bits per heavy atom. The number of nitrogen functional groups attached to an aromatic ring is 1. The summed E-state index contributed by atoms with van der Waals surface area (Å²) in [6.45, 7) is 2.10. The Bertz CT molecular complexity index is 542. The molecular weight excluding hydrogens is 339 g/mol. The molecule has 0 atom stereocenters. The average Bonchev–Trinajstić information content (AvgIpc) is 2.28. The van der Waals surface area contributed by atoms with E-state index in [0.717, 1.165) is 30.2 Å². The third-order valence-electron chi connectivity index (χ3n) is 2.36. The van der Waals surface area contributed by atoms with Crippen LogP contribution in [0, 0.1) is 3.57 Å². The van der Waals surface area contributed by atoms with Crippen molar-refractivity contribution < 1.29 is 0 Å². The molecule has 2 rings (SSSR count). The predicted molar refractivity (Wildman–Crippen MR) is 82.9 cm³/mol. The Labute approximate surface area is 120 Å². The third-order valence-corrected chi connectivity index (χ3v) is 3.03. The van der Waals surface area contributed by atoms with Gasteiger partial charge in [0.05, 0.1) is 0 Å². The molecule has 1 heterocycles. The van der Waals surface area contributed by atoms with Gasteiger partial charge in [-0.05, 0) is 47.2 Å². The number of benzene rings is 1. The van der Waals surface area contributed by atoms with Gasteiger partial charge >= 0.3 is 0 Å². The lowest BCUT2D eigenvalue weighted by Gasteiger charge is -2.08. The zero-order valence-electron chi connectivity index (χ0n) is 10.2. The van der Waals surface area contributed by atoms with Crippen LogP contribution < -0.4 is 11.1 Å². The highest BCUT2D eigenvalue weighted by Gasteiger charge is 2.03. The van der Waals surface area contributed by atoms with Crippen LogP contribution in [0.1, 0.15) is 19.2 Å². The largest absolute Gasteiger partial charge is 0.384 e. The monoisotopic (exact) mass is 354 g/mol. The number of rotatable bonds is 4. The smallest absolute Gasteiger partial charge is 0.136 e. The van der Waals surface area contributed by atoms with Crippen molar-refractivity contribution in [2.24, 2.45) is 0 Å². The molecule has 94 valence electrons. The number of aromatic nitrogens is 2. The normalized spacial score (nSPS) is 10.3. The first-order chi connectivity index (χ1) is 8.67. The van der Waals surface area contributed by atoms with Crippen molar-refractivity contribution in [2.45, 2.75) is 19.8 Å². The van der Waals surface area contributed by atoms with Gasteiger partial charge in [-0.3, -0.25) is 0 Å². The summed E-state index contributed by atoms with van der Waals surface area (Å²) in [4.78, 5) is 8.65. The minimum absolute atomic E-state index is 0.501. The summed E-state index contributed by atoms with van der Waals surface area (Å²) in [6.07, 6.45) is 1.85. The highest BCUT2D eigenvalue weighted by molar-refractivity contribution is 14.1. The zero-order valence-corrected chi connectivity index (χ0v) is 12.3. The number of anilines is 3. The van der Waals surface area contributed by atoms with E-state index in [1.54, 1.807) is 6.07 Å². The van der Waals surface area contributed by atoms with E-state index in [1.807, 2.05) is 18.2 Å². The molecule has 0 spiro atoms. The molecule has 3 N–H and O–H groups in total. The second kappa shape index (κ2) is 5.99. The number of nitrogens with zero attached hydrogens (tertiary/aromatic N) is 2. The van der Waals surface area contributed by atoms with Crippen LogP contribution in [0.25, 0.3) is 0 Å². The van der Waals surface area contributed by atoms with E-state index in [-0.39, 0.29) is 0 Å². The maximum Gasteiger partial charge on any atom is 0.136 e. The van der Waals surface area contributed by atoms with Crippen LogP contribution in [0.4, 0.5) is 17.3 Å². The summed E-state index contributed by atoms with van der Waals surface area (Å²) >= 11 is 2.28. The highest BCUT2D eigenvalue weighted by Crippen LogP contribution is 2.18. The molecule has 0 saturated carbocycles. The number of nitrogens with two attached hydrogens (primary N) is 1. The molecule has 0 fully saturated rings. The summed E-state index contributed by atoms with van der Waals surface area (Å²) in [5.74, 6) is 2.03. The lowest BCUT2D eigenvalue weighted by molar-refractivity contribution is 0.839. The van der Waals surface area contributed by atoms with Crippen LogP contribution in [0.3, 0.4) is 0 Å². The molecule has 5 heteroatoms. The first-order valence-electron chi connectivity index (χ1n) is 5.83. The Morgan fingerprint density at radius 1 is 1.28 bits per heavy atom.